The third-order valence-electron chi connectivity index (χ3n) is 6.24. The molecule has 182 valence electrons. The van der Waals surface area contributed by atoms with Crippen LogP contribution in [0, 0.1) is 0 Å². The van der Waals surface area contributed by atoms with E-state index in [2.05, 4.69) is 38.4 Å². The van der Waals surface area contributed by atoms with E-state index in [0.29, 0.717) is 23.7 Å². The van der Waals surface area contributed by atoms with Crippen LogP contribution in [0.15, 0.2) is 46.9 Å². The predicted molar refractivity (Wildman–Crippen MR) is 140 cm³/mol. The van der Waals surface area contributed by atoms with Gasteiger partial charge in [0.2, 0.25) is 0 Å². The number of hydrogen-bond acceptors (Lipinski definition) is 7. The Morgan fingerprint density at radius 2 is 1.94 bits per heavy atom. The van der Waals surface area contributed by atoms with Gasteiger partial charge in [0.1, 0.15) is 11.2 Å². The summed E-state index contributed by atoms with van der Waals surface area (Å²) in [5.41, 5.74) is 3.21. The zero-order valence-electron chi connectivity index (χ0n) is 19.5. The van der Waals surface area contributed by atoms with Crippen LogP contribution >= 0.6 is 27.3 Å². The molecule has 0 unspecified atom stereocenters. The molecule has 0 saturated heterocycles. The minimum atomic E-state index is -0.467. The molecule has 0 aliphatic carbocycles. The van der Waals surface area contributed by atoms with Crippen molar-refractivity contribution >= 4 is 44.1 Å². The maximum atomic E-state index is 13.1. The zero-order valence-corrected chi connectivity index (χ0v) is 21.9. The lowest BCUT2D eigenvalue weighted by Crippen LogP contribution is -2.38. The van der Waals surface area contributed by atoms with Crippen LogP contribution in [0.5, 0.6) is 11.5 Å². The molecule has 1 aromatic heterocycles. The third kappa shape index (κ3) is 4.80. The Hall–Kier alpha value is -2.88. The van der Waals surface area contributed by atoms with Crippen LogP contribution in [0.2, 0.25) is 0 Å². The minimum absolute atomic E-state index is 0.0603. The number of nitrogens with one attached hydrogen (secondary N) is 2. The van der Waals surface area contributed by atoms with Gasteiger partial charge in [-0.2, -0.15) is 0 Å². The molecule has 3 heterocycles. The molecule has 1 atom stereocenters. The van der Waals surface area contributed by atoms with Crippen LogP contribution in [0.25, 0.3) is 0 Å². The summed E-state index contributed by atoms with van der Waals surface area (Å²) in [6.45, 7) is 7.30. The maximum absolute atomic E-state index is 13.1. The summed E-state index contributed by atoms with van der Waals surface area (Å²) in [7, 11) is 0. The Bertz CT molecular complexity index is 1270. The van der Waals surface area contributed by atoms with Crippen molar-refractivity contribution < 1.29 is 19.1 Å². The van der Waals surface area contributed by atoms with Crippen LogP contribution in [-0.2, 0) is 13.0 Å². The number of rotatable bonds is 6. The van der Waals surface area contributed by atoms with E-state index in [-0.39, 0.29) is 5.91 Å². The summed E-state index contributed by atoms with van der Waals surface area (Å²) in [5, 5.41) is 7.49. The Kier molecular flexibility index (Phi) is 6.82. The molecule has 1 amide bonds. The SMILES string of the molecule is CCOc1cc([C@H]2NC(=O)c3c(sc4c3CCN(CC)C4)N2)ccc1OC(=O)c1ccc(Br)cc1. The molecule has 2 aliphatic heterocycles. The number of ether oxygens (including phenoxy) is 2. The number of esters is 1. The first-order chi connectivity index (χ1) is 17.0. The van der Waals surface area contributed by atoms with E-state index in [1.807, 2.05) is 19.1 Å². The molecular formula is C26H26BrN3O4S. The lowest BCUT2D eigenvalue weighted by atomic mass is 10.0. The van der Waals surface area contributed by atoms with Gasteiger partial charge in [0.15, 0.2) is 11.5 Å². The third-order valence-corrected chi connectivity index (χ3v) is 7.92. The van der Waals surface area contributed by atoms with Crippen molar-refractivity contribution in [2.75, 3.05) is 25.0 Å². The average molecular weight is 556 g/mol. The molecule has 35 heavy (non-hydrogen) atoms. The van der Waals surface area contributed by atoms with Crippen molar-refractivity contribution in [3.63, 3.8) is 0 Å². The summed E-state index contributed by atoms with van der Waals surface area (Å²) in [5.74, 6) is 0.249. The molecule has 3 aromatic rings. The van der Waals surface area contributed by atoms with E-state index in [0.717, 1.165) is 46.7 Å². The standard InChI is InChI=1S/C26H26BrN3O4S/c1-3-30-12-11-18-21(14-30)35-25-22(18)24(31)28-23(29-25)16-7-10-19(20(13-16)33-4-2)34-26(32)15-5-8-17(27)9-6-15/h5-10,13,23,29H,3-4,11-12,14H2,1-2H3,(H,28,31)/t23-/m0/s1. The molecule has 7 nitrogen and oxygen atoms in total. The van der Waals surface area contributed by atoms with Crippen molar-refractivity contribution in [1.29, 1.82) is 0 Å². The van der Waals surface area contributed by atoms with E-state index in [1.165, 1.54) is 10.4 Å². The van der Waals surface area contributed by atoms with E-state index < -0.39 is 12.1 Å². The number of halogens is 1. The molecule has 2 aliphatic rings. The zero-order chi connectivity index (χ0) is 24.5. The van der Waals surface area contributed by atoms with Gasteiger partial charge in [-0.05, 0) is 67.4 Å². The van der Waals surface area contributed by atoms with Crippen LogP contribution < -0.4 is 20.1 Å². The summed E-state index contributed by atoms with van der Waals surface area (Å²) in [6.07, 6.45) is 0.481. The molecule has 0 bridgehead atoms. The molecule has 9 heteroatoms. The molecule has 2 N–H and O–H groups in total. The fourth-order valence-electron chi connectivity index (χ4n) is 4.41. The predicted octanol–water partition coefficient (Wildman–Crippen LogP) is 5.36. The highest BCUT2D eigenvalue weighted by Crippen LogP contribution is 2.41. The molecule has 5 rings (SSSR count). The van der Waals surface area contributed by atoms with Crippen molar-refractivity contribution in [3.05, 3.63) is 74.1 Å². The summed E-state index contributed by atoms with van der Waals surface area (Å²) in [6, 6.07) is 12.3. The summed E-state index contributed by atoms with van der Waals surface area (Å²) in [4.78, 5) is 29.4. The van der Waals surface area contributed by atoms with Crippen LogP contribution in [-0.4, -0.2) is 36.5 Å². The van der Waals surface area contributed by atoms with E-state index in [4.69, 9.17) is 9.47 Å². The number of anilines is 1. The smallest absolute Gasteiger partial charge is 0.343 e. The Balaban J connectivity index is 1.38. The molecule has 0 saturated carbocycles. The number of carbonyl (C=O) groups excluding carboxylic acids is 2. The van der Waals surface area contributed by atoms with Gasteiger partial charge in [0, 0.05) is 22.4 Å². The van der Waals surface area contributed by atoms with Crippen molar-refractivity contribution in [1.82, 2.24) is 10.2 Å². The maximum Gasteiger partial charge on any atom is 0.343 e. The van der Waals surface area contributed by atoms with Gasteiger partial charge in [-0.15, -0.1) is 11.3 Å². The van der Waals surface area contributed by atoms with Gasteiger partial charge in [-0.3, -0.25) is 9.69 Å². The average Bonchev–Trinajstić information content (AvgIpc) is 3.23. The van der Waals surface area contributed by atoms with Crippen LogP contribution in [0.3, 0.4) is 0 Å². The summed E-state index contributed by atoms with van der Waals surface area (Å²) < 4.78 is 12.3. The largest absolute Gasteiger partial charge is 0.490 e. The molecular weight excluding hydrogens is 530 g/mol. The summed E-state index contributed by atoms with van der Waals surface area (Å²) >= 11 is 5.03. The number of hydrogen-bond donors (Lipinski definition) is 2. The lowest BCUT2D eigenvalue weighted by Gasteiger charge is -2.28. The van der Waals surface area contributed by atoms with Crippen molar-refractivity contribution in [2.24, 2.45) is 0 Å². The fourth-order valence-corrected chi connectivity index (χ4v) is 5.99. The van der Waals surface area contributed by atoms with E-state index in [1.54, 1.807) is 41.7 Å². The van der Waals surface area contributed by atoms with Gasteiger partial charge < -0.3 is 20.1 Å². The molecule has 0 fully saturated rings. The van der Waals surface area contributed by atoms with Crippen molar-refractivity contribution in [2.45, 2.75) is 33.0 Å². The first-order valence-electron chi connectivity index (χ1n) is 11.7. The number of nitrogens with zero attached hydrogens (tertiary/aromatic N) is 1. The fraction of sp³-hybridized carbons (Fsp3) is 0.308. The first kappa shape index (κ1) is 23.8. The second-order valence-corrected chi connectivity index (χ2v) is 10.4. The van der Waals surface area contributed by atoms with Gasteiger partial charge in [-0.25, -0.2) is 4.79 Å². The number of fused-ring (bicyclic) bond motifs is 3. The Morgan fingerprint density at radius 3 is 2.69 bits per heavy atom. The molecule has 2 aromatic carbocycles. The Labute approximate surface area is 216 Å². The number of likely N-dealkylation sites (N-methyl/N-ethyl adjacent to an activating group) is 1. The highest BCUT2D eigenvalue weighted by atomic mass is 79.9. The first-order valence-corrected chi connectivity index (χ1v) is 13.3. The van der Waals surface area contributed by atoms with Gasteiger partial charge in [0.25, 0.3) is 5.91 Å². The minimum Gasteiger partial charge on any atom is -0.490 e. The van der Waals surface area contributed by atoms with E-state index in [9.17, 15) is 9.59 Å². The number of carbonyl (C=O) groups is 2. The normalized spacial score (nSPS) is 17.1. The van der Waals surface area contributed by atoms with Crippen LogP contribution in [0.1, 0.15) is 56.7 Å². The number of benzene rings is 2. The van der Waals surface area contributed by atoms with Gasteiger partial charge >= 0.3 is 5.97 Å². The van der Waals surface area contributed by atoms with Crippen molar-refractivity contribution in [3.8, 4) is 11.5 Å². The van der Waals surface area contributed by atoms with Crippen LogP contribution in [0.4, 0.5) is 5.00 Å². The van der Waals surface area contributed by atoms with E-state index >= 15 is 0 Å². The highest BCUT2D eigenvalue weighted by Gasteiger charge is 2.33. The quantitative estimate of drug-likeness (QED) is 0.315. The van der Waals surface area contributed by atoms with Gasteiger partial charge in [0.05, 0.1) is 17.7 Å². The highest BCUT2D eigenvalue weighted by molar-refractivity contribution is 9.10. The Morgan fingerprint density at radius 1 is 1.14 bits per heavy atom. The monoisotopic (exact) mass is 555 g/mol. The molecule has 0 radical (unpaired) electrons. The van der Waals surface area contributed by atoms with Gasteiger partial charge in [-0.1, -0.05) is 28.9 Å². The lowest BCUT2D eigenvalue weighted by molar-refractivity contribution is 0.0728. The second kappa shape index (κ2) is 10.0. The topological polar surface area (TPSA) is 79.9 Å². The number of amides is 1. The second-order valence-electron chi connectivity index (χ2n) is 8.41. The molecule has 0 spiro atoms. The number of thiophene rings is 1.